The minimum absolute atomic E-state index is 0.543. The van der Waals surface area contributed by atoms with E-state index in [9.17, 15) is 13.2 Å². The Morgan fingerprint density at radius 1 is 1.15 bits per heavy atom. The first kappa shape index (κ1) is 14.9. The summed E-state index contributed by atoms with van der Waals surface area (Å²) < 4.78 is 37.4. The van der Waals surface area contributed by atoms with Gasteiger partial charge in [0.15, 0.2) is 0 Å². The summed E-state index contributed by atoms with van der Waals surface area (Å²) in [6.07, 6.45) is -3.48. The number of benzene rings is 1. The van der Waals surface area contributed by atoms with Crippen molar-refractivity contribution in [3.05, 3.63) is 53.7 Å². The van der Waals surface area contributed by atoms with E-state index < -0.39 is 11.7 Å². The first-order valence-electron chi connectivity index (χ1n) is 5.94. The molecule has 2 aromatic rings. The molecule has 0 atom stereocenters. The normalized spacial score (nSPS) is 11.6. The van der Waals surface area contributed by atoms with Gasteiger partial charge in [-0.1, -0.05) is 30.0 Å². The Labute approximate surface area is 119 Å². The van der Waals surface area contributed by atoms with Crippen LogP contribution in [0.1, 0.15) is 11.1 Å². The Morgan fingerprint density at radius 2 is 1.90 bits per heavy atom. The lowest BCUT2D eigenvalue weighted by Gasteiger charge is -2.09. The molecule has 0 fully saturated rings. The predicted molar refractivity (Wildman–Crippen MR) is 72.6 cm³/mol. The average molecular weight is 298 g/mol. The van der Waals surface area contributed by atoms with Gasteiger partial charge in [0.05, 0.1) is 5.56 Å². The summed E-state index contributed by atoms with van der Waals surface area (Å²) in [6, 6.07) is 10.2. The highest BCUT2D eigenvalue weighted by Gasteiger charge is 2.30. The molecule has 2 rings (SSSR count). The zero-order chi connectivity index (χ0) is 14.6. The fourth-order valence-electron chi connectivity index (χ4n) is 1.66. The summed E-state index contributed by atoms with van der Waals surface area (Å²) in [5.74, 6) is 0. The van der Waals surface area contributed by atoms with Crippen molar-refractivity contribution in [1.29, 1.82) is 0 Å². The topological polar surface area (TPSA) is 24.9 Å². The molecule has 1 heterocycles. The first-order chi connectivity index (χ1) is 9.50. The van der Waals surface area contributed by atoms with E-state index in [0.717, 1.165) is 22.7 Å². The standard InChI is InChI=1S/C14H13F3N2S/c1-18-8-10-4-2-3-5-12(10)20-13-7-6-11(9-19-13)14(15,16)17/h2-7,9,18H,8H2,1H3. The number of aromatic nitrogens is 1. The zero-order valence-corrected chi connectivity index (χ0v) is 11.6. The maximum absolute atomic E-state index is 12.5. The van der Waals surface area contributed by atoms with Crippen molar-refractivity contribution in [3.63, 3.8) is 0 Å². The van der Waals surface area contributed by atoms with Gasteiger partial charge in [0, 0.05) is 17.6 Å². The van der Waals surface area contributed by atoms with Gasteiger partial charge in [-0.2, -0.15) is 13.2 Å². The lowest BCUT2D eigenvalue weighted by atomic mass is 10.2. The van der Waals surface area contributed by atoms with Gasteiger partial charge < -0.3 is 5.32 Å². The molecular weight excluding hydrogens is 285 g/mol. The van der Waals surface area contributed by atoms with Crippen LogP contribution in [-0.2, 0) is 12.7 Å². The van der Waals surface area contributed by atoms with Gasteiger partial charge in [-0.3, -0.25) is 0 Å². The van der Waals surface area contributed by atoms with Gasteiger partial charge in [-0.15, -0.1) is 0 Å². The van der Waals surface area contributed by atoms with Gasteiger partial charge in [-0.25, -0.2) is 4.98 Å². The van der Waals surface area contributed by atoms with Crippen LogP contribution in [0, 0.1) is 0 Å². The molecule has 0 bridgehead atoms. The molecule has 1 aromatic carbocycles. The van der Waals surface area contributed by atoms with Gasteiger partial charge in [-0.05, 0) is 30.8 Å². The molecule has 0 saturated carbocycles. The average Bonchev–Trinajstić information content (AvgIpc) is 2.41. The third kappa shape index (κ3) is 3.74. The number of halogens is 3. The third-order valence-electron chi connectivity index (χ3n) is 2.62. The van der Waals surface area contributed by atoms with Crippen LogP contribution in [0.5, 0.6) is 0 Å². The van der Waals surface area contributed by atoms with Crippen LogP contribution in [0.4, 0.5) is 13.2 Å². The Bertz CT molecular complexity index is 567. The fraction of sp³-hybridized carbons (Fsp3) is 0.214. The first-order valence-corrected chi connectivity index (χ1v) is 6.76. The SMILES string of the molecule is CNCc1ccccc1Sc1ccc(C(F)(F)F)cn1. The van der Waals surface area contributed by atoms with E-state index in [4.69, 9.17) is 0 Å². The number of nitrogens with zero attached hydrogens (tertiary/aromatic N) is 1. The van der Waals surface area contributed by atoms with E-state index in [-0.39, 0.29) is 0 Å². The summed E-state index contributed by atoms with van der Waals surface area (Å²) in [7, 11) is 1.85. The Hall–Kier alpha value is -1.53. The van der Waals surface area contributed by atoms with Crippen LogP contribution in [-0.4, -0.2) is 12.0 Å². The molecule has 0 amide bonds. The van der Waals surface area contributed by atoms with Gasteiger partial charge in [0.1, 0.15) is 5.03 Å². The Kier molecular flexibility index (Phi) is 4.67. The maximum atomic E-state index is 12.5. The van der Waals surface area contributed by atoms with Crippen LogP contribution in [0.3, 0.4) is 0 Å². The smallest absolute Gasteiger partial charge is 0.316 e. The molecule has 6 heteroatoms. The fourth-order valence-corrected chi connectivity index (χ4v) is 2.55. The van der Waals surface area contributed by atoms with E-state index >= 15 is 0 Å². The van der Waals surface area contributed by atoms with Gasteiger partial charge >= 0.3 is 6.18 Å². The van der Waals surface area contributed by atoms with Crippen molar-refractivity contribution in [2.75, 3.05) is 7.05 Å². The molecule has 1 N–H and O–H groups in total. The second-order valence-corrected chi connectivity index (χ2v) is 5.19. The number of hydrogen-bond acceptors (Lipinski definition) is 3. The van der Waals surface area contributed by atoms with Crippen LogP contribution in [0.25, 0.3) is 0 Å². The largest absolute Gasteiger partial charge is 0.417 e. The lowest BCUT2D eigenvalue weighted by Crippen LogP contribution is -2.06. The molecule has 1 aromatic heterocycles. The van der Waals surface area contributed by atoms with Crippen LogP contribution in [0.15, 0.2) is 52.5 Å². The van der Waals surface area contributed by atoms with E-state index in [0.29, 0.717) is 11.6 Å². The summed E-state index contributed by atoms with van der Waals surface area (Å²) in [4.78, 5) is 4.84. The third-order valence-corrected chi connectivity index (χ3v) is 3.69. The van der Waals surface area contributed by atoms with E-state index in [1.54, 1.807) is 0 Å². The number of nitrogens with one attached hydrogen (secondary N) is 1. The molecule has 0 aliphatic heterocycles. The molecule has 106 valence electrons. The number of rotatable bonds is 4. The molecule has 0 aliphatic rings. The highest BCUT2D eigenvalue weighted by molar-refractivity contribution is 7.99. The number of hydrogen-bond donors (Lipinski definition) is 1. The lowest BCUT2D eigenvalue weighted by molar-refractivity contribution is -0.137. The van der Waals surface area contributed by atoms with E-state index in [2.05, 4.69) is 10.3 Å². The van der Waals surface area contributed by atoms with Crippen molar-refractivity contribution in [1.82, 2.24) is 10.3 Å². The molecule has 0 aliphatic carbocycles. The Morgan fingerprint density at radius 3 is 2.50 bits per heavy atom. The second kappa shape index (κ2) is 6.28. The van der Waals surface area contributed by atoms with E-state index in [1.807, 2.05) is 31.3 Å². The molecule has 0 radical (unpaired) electrons. The second-order valence-electron chi connectivity index (χ2n) is 4.12. The quantitative estimate of drug-likeness (QED) is 0.924. The van der Waals surface area contributed by atoms with Crippen molar-refractivity contribution in [2.24, 2.45) is 0 Å². The predicted octanol–water partition coefficient (Wildman–Crippen LogP) is 3.97. The number of alkyl halides is 3. The summed E-state index contributed by atoms with van der Waals surface area (Å²) in [5.41, 5.74) is 0.354. The molecular formula is C14H13F3N2S. The van der Waals surface area contributed by atoms with Crippen molar-refractivity contribution in [2.45, 2.75) is 22.6 Å². The molecule has 0 saturated heterocycles. The molecule has 20 heavy (non-hydrogen) atoms. The molecule has 0 unspecified atom stereocenters. The van der Waals surface area contributed by atoms with Crippen LogP contribution < -0.4 is 5.32 Å². The zero-order valence-electron chi connectivity index (χ0n) is 10.7. The number of pyridine rings is 1. The maximum Gasteiger partial charge on any atom is 0.417 e. The van der Waals surface area contributed by atoms with Crippen molar-refractivity contribution >= 4 is 11.8 Å². The van der Waals surface area contributed by atoms with Crippen LogP contribution >= 0.6 is 11.8 Å². The molecule has 2 nitrogen and oxygen atoms in total. The molecule has 0 spiro atoms. The summed E-state index contributed by atoms with van der Waals surface area (Å²) >= 11 is 1.36. The van der Waals surface area contributed by atoms with Gasteiger partial charge in [0.2, 0.25) is 0 Å². The summed E-state index contributed by atoms with van der Waals surface area (Å²) in [6.45, 7) is 0.698. The van der Waals surface area contributed by atoms with Gasteiger partial charge in [0.25, 0.3) is 0 Å². The van der Waals surface area contributed by atoms with Crippen LogP contribution in [0.2, 0.25) is 0 Å². The Balaban J connectivity index is 2.18. The van der Waals surface area contributed by atoms with Crippen molar-refractivity contribution in [3.8, 4) is 0 Å². The highest BCUT2D eigenvalue weighted by Crippen LogP contribution is 2.32. The van der Waals surface area contributed by atoms with E-state index in [1.165, 1.54) is 17.8 Å². The minimum Gasteiger partial charge on any atom is -0.316 e. The van der Waals surface area contributed by atoms with Crippen molar-refractivity contribution < 1.29 is 13.2 Å². The highest BCUT2D eigenvalue weighted by atomic mass is 32.2. The summed E-state index contributed by atoms with van der Waals surface area (Å²) in [5, 5.41) is 3.60. The minimum atomic E-state index is -4.35. The monoisotopic (exact) mass is 298 g/mol.